The van der Waals surface area contributed by atoms with Gasteiger partial charge in [0.05, 0.1) is 17.6 Å². The van der Waals surface area contributed by atoms with E-state index in [0.29, 0.717) is 18.4 Å². The van der Waals surface area contributed by atoms with Crippen LogP contribution in [0, 0.1) is 12.8 Å². The Labute approximate surface area is 182 Å². The highest BCUT2D eigenvalue weighted by Crippen LogP contribution is 2.32. The number of carbonyl (C=O) groups is 1. The van der Waals surface area contributed by atoms with Crippen LogP contribution in [0.3, 0.4) is 0 Å². The number of fused-ring (bicyclic) bond motifs is 1. The molecule has 7 nitrogen and oxygen atoms in total. The van der Waals surface area contributed by atoms with Gasteiger partial charge >= 0.3 is 0 Å². The van der Waals surface area contributed by atoms with E-state index >= 15 is 0 Å². The third-order valence-corrected chi connectivity index (χ3v) is 6.68. The Morgan fingerprint density at radius 2 is 2.00 bits per heavy atom. The van der Waals surface area contributed by atoms with E-state index in [0.717, 1.165) is 72.7 Å². The summed E-state index contributed by atoms with van der Waals surface area (Å²) in [7, 11) is 0. The van der Waals surface area contributed by atoms with Crippen LogP contribution in [0.2, 0.25) is 0 Å². The quantitative estimate of drug-likeness (QED) is 0.649. The second kappa shape index (κ2) is 8.65. The van der Waals surface area contributed by atoms with Crippen LogP contribution >= 0.6 is 0 Å². The van der Waals surface area contributed by atoms with Gasteiger partial charge in [-0.05, 0) is 56.9 Å². The molecule has 1 aliphatic carbocycles. The van der Waals surface area contributed by atoms with Gasteiger partial charge in [0.15, 0.2) is 11.5 Å². The van der Waals surface area contributed by atoms with Gasteiger partial charge in [0.25, 0.3) is 0 Å². The standard InChI is InChI=1S/C24H30N6O/c1-16-6-4-10-19(26-16)14-25-22-20-11-12-21(27-23(20)29-28-22)18-9-5-13-30(15-18)24(31)17-7-2-3-8-17/h4,6,10-12,17-18H,2-3,5,7-9,13-15H2,1H3,(H2,25,27,28,29)/t18-/m1/s1. The van der Waals surface area contributed by atoms with E-state index in [1.165, 1.54) is 12.8 Å². The number of hydrogen-bond acceptors (Lipinski definition) is 5. The number of aromatic amines is 1. The predicted molar refractivity (Wildman–Crippen MR) is 121 cm³/mol. The molecule has 0 spiro atoms. The number of piperidine rings is 1. The molecule has 1 amide bonds. The Morgan fingerprint density at radius 3 is 2.84 bits per heavy atom. The second-order valence-electron chi connectivity index (χ2n) is 8.93. The first-order valence-electron chi connectivity index (χ1n) is 11.5. The van der Waals surface area contributed by atoms with Crippen molar-refractivity contribution in [2.24, 2.45) is 5.92 Å². The first kappa shape index (κ1) is 20.0. The Balaban J connectivity index is 1.28. The van der Waals surface area contributed by atoms with Gasteiger partial charge in [-0.3, -0.25) is 14.9 Å². The monoisotopic (exact) mass is 418 g/mol. The van der Waals surface area contributed by atoms with Gasteiger partial charge in [-0.15, -0.1) is 0 Å². The van der Waals surface area contributed by atoms with Gasteiger partial charge in [0.1, 0.15) is 0 Å². The number of anilines is 1. The summed E-state index contributed by atoms with van der Waals surface area (Å²) in [5.74, 6) is 1.69. The van der Waals surface area contributed by atoms with E-state index < -0.39 is 0 Å². The lowest BCUT2D eigenvalue weighted by Gasteiger charge is -2.34. The molecule has 3 aromatic heterocycles. The van der Waals surface area contributed by atoms with Gasteiger partial charge in [-0.25, -0.2) is 4.98 Å². The van der Waals surface area contributed by atoms with Gasteiger partial charge in [-0.1, -0.05) is 18.9 Å². The van der Waals surface area contributed by atoms with Crippen molar-refractivity contribution in [3.8, 4) is 0 Å². The molecule has 0 radical (unpaired) electrons. The number of nitrogens with one attached hydrogen (secondary N) is 2. The van der Waals surface area contributed by atoms with Gasteiger partial charge in [0.2, 0.25) is 5.91 Å². The maximum absolute atomic E-state index is 12.9. The minimum atomic E-state index is 0.248. The molecular weight excluding hydrogens is 388 g/mol. The molecule has 0 bridgehead atoms. The van der Waals surface area contributed by atoms with Crippen molar-refractivity contribution in [2.45, 2.75) is 57.9 Å². The second-order valence-corrected chi connectivity index (χ2v) is 8.93. The summed E-state index contributed by atoms with van der Waals surface area (Å²) in [6.45, 7) is 4.28. The SMILES string of the molecule is Cc1cccc(CNc2n[nH]c3nc([C@@H]4CCCN(C(=O)C5CCCC5)C4)ccc23)n1. The fourth-order valence-corrected chi connectivity index (χ4v) is 5.00. The number of hydrogen-bond donors (Lipinski definition) is 2. The maximum atomic E-state index is 12.9. The lowest BCUT2D eigenvalue weighted by Crippen LogP contribution is -2.42. The van der Waals surface area contributed by atoms with Crippen molar-refractivity contribution in [3.05, 3.63) is 47.4 Å². The van der Waals surface area contributed by atoms with E-state index in [1.54, 1.807) is 0 Å². The van der Waals surface area contributed by atoms with Crippen LogP contribution in [-0.2, 0) is 11.3 Å². The summed E-state index contributed by atoms with van der Waals surface area (Å²) in [5.41, 5.74) is 3.82. The number of likely N-dealkylation sites (tertiary alicyclic amines) is 1. The Bertz CT molecular complexity index is 1070. The number of amides is 1. The highest BCUT2D eigenvalue weighted by atomic mass is 16.2. The molecular formula is C24H30N6O. The number of nitrogens with zero attached hydrogens (tertiary/aromatic N) is 4. The highest BCUT2D eigenvalue weighted by molar-refractivity contribution is 5.87. The normalized spacial score (nSPS) is 19.8. The average molecular weight is 419 g/mol. The smallest absolute Gasteiger partial charge is 0.225 e. The molecule has 3 aromatic rings. The molecule has 1 saturated heterocycles. The molecule has 2 aliphatic rings. The van der Waals surface area contributed by atoms with Gasteiger partial charge in [0, 0.05) is 36.3 Å². The zero-order valence-corrected chi connectivity index (χ0v) is 18.1. The van der Waals surface area contributed by atoms with Crippen LogP contribution in [0.5, 0.6) is 0 Å². The van der Waals surface area contributed by atoms with E-state index in [2.05, 4.69) is 37.5 Å². The van der Waals surface area contributed by atoms with Crippen molar-refractivity contribution >= 4 is 22.8 Å². The highest BCUT2D eigenvalue weighted by Gasteiger charge is 2.31. The zero-order chi connectivity index (χ0) is 21.2. The molecule has 2 N–H and O–H groups in total. The third kappa shape index (κ3) is 4.27. The lowest BCUT2D eigenvalue weighted by molar-refractivity contribution is -0.136. The Kier molecular flexibility index (Phi) is 5.57. The molecule has 5 rings (SSSR count). The first-order chi connectivity index (χ1) is 15.2. The van der Waals surface area contributed by atoms with Crippen LogP contribution in [0.25, 0.3) is 11.0 Å². The van der Waals surface area contributed by atoms with Crippen molar-refractivity contribution in [3.63, 3.8) is 0 Å². The van der Waals surface area contributed by atoms with Crippen molar-refractivity contribution in [1.29, 1.82) is 0 Å². The molecule has 2 fully saturated rings. The summed E-state index contributed by atoms with van der Waals surface area (Å²) < 4.78 is 0. The van der Waals surface area contributed by atoms with Crippen LogP contribution in [0.4, 0.5) is 5.82 Å². The number of rotatable bonds is 5. The van der Waals surface area contributed by atoms with Crippen molar-refractivity contribution < 1.29 is 4.79 Å². The number of carbonyl (C=O) groups excluding carboxylic acids is 1. The van der Waals surface area contributed by atoms with Crippen LogP contribution in [-0.4, -0.2) is 44.1 Å². The van der Waals surface area contributed by atoms with E-state index in [-0.39, 0.29) is 5.92 Å². The maximum Gasteiger partial charge on any atom is 0.225 e. The van der Waals surface area contributed by atoms with Crippen LogP contribution in [0.15, 0.2) is 30.3 Å². The summed E-state index contributed by atoms with van der Waals surface area (Å²) in [4.78, 5) is 24.4. The topological polar surface area (TPSA) is 86.8 Å². The molecule has 0 unspecified atom stereocenters. The molecule has 162 valence electrons. The van der Waals surface area contributed by atoms with Gasteiger partial charge < -0.3 is 10.2 Å². The zero-order valence-electron chi connectivity index (χ0n) is 18.1. The summed E-state index contributed by atoms with van der Waals surface area (Å²) in [6, 6.07) is 10.2. The fourth-order valence-electron chi connectivity index (χ4n) is 5.00. The number of pyridine rings is 2. The number of aromatic nitrogens is 4. The average Bonchev–Trinajstić information content (AvgIpc) is 3.47. The van der Waals surface area contributed by atoms with Crippen LogP contribution < -0.4 is 5.32 Å². The number of aryl methyl sites for hydroxylation is 1. The van der Waals surface area contributed by atoms with Crippen molar-refractivity contribution in [1.82, 2.24) is 25.1 Å². The number of H-pyrrole nitrogens is 1. The Morgan fingerprint density at radius 1 is 1.13 bits per heavy atom. The molecule has 7 heteroatoms. The van der Waals surface area contributed by atoms with Gasteiger partial charge in [-0.2, -0.15) is 5.10 Å². The molecule has 31 heavy (non-hydrogen) atoms. The lowest BCUT2D eigenvalue weighted by atomic mass is 9.93. The van der Waals surface area contributed by atoms with Crippen LogP contribution in [0.1, 0.15) is 61.5 Å². The van der Waals surface area contributed by atoms with E-state index in [9.17, 15) is 4.79 Å². The summed E-state index contributed by atoms with van der Waals surface area (Å²) in [5, 5.41) is 11.8. The third-order valence-electron chi connectivity index (χ3n) is 6.68. The summed E-state index contributed by atoms with van der Waals surface area (Å²) in [6.07, 6.45) is 6.63. The molecule has 1 atom stereocenters. The Hall–Kier alpha value is -2.96. The minimum Gasteiger partial charge on any atom is -0.362 e. The molecule has 4 heterocycles. The van der Waals surface area contributed by atoms with E-state index in [1.807, 2.05) is 25.1 Å². The minimum absolute atomic E-state index is 0.248. The fraction of sp³-hybridized carbons (Fsp3) is 0.500. The largest absolute Gasteiger partial charge is 0.362 e. The van der Waals surface area contributed by atoms with Crippen molar-refractivity contribution in [2.75, 3.05) is 18.4 Å². The molecule has 1 aliphatic heterocycles. The predicted octanol–water partition coefficient (Wildman–Crippen LogP) is 4.17. The first-order valence-corrected chi connectivity index (χ1v) is 11.5. The molecule has 0 aromatic carbocycles. The summed E-state index contributed by atoms with van der Waals surface area (Å²) >= 11 is 0. The molecule has 1 saturated carbocycles. The van der Waals surface area contributed by atoms with E-state index in [4.69, 9.17) is 4.98 Å².